The first-order valence-corrected chi connectivity index (χ1v) is 19.0. The summed E-state index contributed by atoms with van der Waals surface area (Å²) in [6, 6.07) is 0. The highest BCUT2D eigenvalue weighted by Gasteiger charge is 2.49. The molecule has 2 fully saturated rings. The second-order valence-corrected chi connectivity index (χ2v) is 25.1. The molecule has 0 unspecified atom stereocenters. The fourth-order valence-corrected chi connectivity index (χ4v) is 13.5. The summed E-state index contributed by atoms with van der Waals surface area (Å²) < 4.78 is 20.7. The first-order valence-electron chi connectivity index (χ1n) is 10.0. The Hall–Kier alpha value is 0.257. The Kier molecular flexibility index (Phi) is 7.67. The van der Waals surface area contributed by atoms with E-state index in [0.29, 0.717) is 18.6 Å². The van der Waals surface area contributed by atoms with Crippen LogP contribution in [-0.2, 0) is 13.7 Å². The van der Waals surface area contributed by atoms with Crippen molar-refractivity contribution in [2.75, 3.05) is 18.1 Å². The minimum absolute atomic E-state index is 0.0524. The molecule has 3 heterocycles. The molecule has 0 aromatic carbocycles. The molecular formula is C18H32N2O5PS3Si+. The summed E-state index contributed by atoms with van der Waals surface area (Å²) in [5, 5.41) is -1.76. The molecule has 2 aliphatic rings. The van der Waals surface area contributed by atoms with Crippen molar-refractivity contribution in [2.24, 2.45) is 0 Å². The molecule has 7 nitrogen and oxygen atoms in total. The van der Waals surface area contributed by atoms with Crippen LogP contribution in [0, 0.1) is 6.92 Å². The van der Waals surface area contributed by atoms with E-state index in [1.165, 1.54) is 4.57 Å². The Labute approximate surface area is 192 Å². The largest absolute Gasteiger partial charge is 0.411 e. The topological polar surface area (TPSA) is 82.6 Å². The number of nitrogens with one attached hydrogen (secondary N) is 1. The number of hydrogen-bond donors (Lipinski definition) is 2. The van der Waals surface area contributed by atoms with E-state index in [9.17, 15) is 9.59 Å². The van der Waals surface area contributed by atoms with Crippen LogP contribution in [0.1, 0.15) is 39.0 Å². The number of aryl methyl sites for hydroxylation is 1. The standard InChI is InChI=1S/C18H31N2O5PS3Si/c1-12-10-20(17(22)19-16(12)21)15-9-13(25-30(5,6)18(2,3)4)14(24-15)11-23-26(27)28-7-8-29-26/h10,13-15,27H,7-9,11H2,1-6H3/p+1/t13-,14+,15+/m0/s1. The van der Waals surface area contributed by atoms with Crippen LogP contribution in [0.4, 0.5) is 0 Å². The van der Waals surface area contributed by atoms with E-state index in [1.54, 1.807) is 35.9 Å². The molecule has 1 N–H and O–H groups in total. The highest BCUT2D eigenvalue weighted by atomic mass is 33.4. The highest BCUT2D eigenvalue weighted by molar-refractivity contribution is 9.15. The lowest BCUT2D eigenvalue weighted by molar-refractivity contribution is -0.0367. The summed E-state index contributed by atoms with van der Waals surface area (Å²) in [6.07, 6.45) is 1.11. The molecule has 1 aromatic heterocycles. The SMILES string of the molecule is Cc1cn([C@H]2C[C@H](O[Si](C)(C)C(C)(C)C)[C@@H](CO[P+]3(S)SCCS3)O2)c(=O)[nH]c1=O. The first kappa shape index (κ1) is 24.9. The fourth-order valence-electron chi connectivity index (χ4n) is 3.09. The normalized spacial score (nSPS) is 27.0. The van der Waals surface area contributed by atoms with Crippen molar-refractivity contribution in [3.05, 3.63) is 32.6 Å². The van der Waals surface area contributed by atoms with Gasteiger partial charge in [-0.05, 0) is 25.1 Å². The first-order chi connectivity index (χ1) is 13.8. The van der Waals surface area contributed by atoms with E-state index in [0.717, 1.165) is 11.5 Å². The Morgan fingerprint density at radius 3 is 2.57 bits per heavy atom. The van der Waals surface area contributed by atoms with Gasteiger partial charge in [0.05, 0.1) is 41.1 Å². The predicted molar refractivity (Wildman–Crippen MR) is 133 cm³/mol. The Morgan fingerprint density at radius 1 is 1.33 bits per heavy atom. The predicted octanol–water partition coefficient (Wildman–Crippen LogP) is 4.63. The third-order valence-electron chi connectivity index (χ3n) is 5.88. The molecule has 1 aromatic rings. The summed E-state index contributed by atoms with van der Waals surface area (Å²) in [4.78, 5) is 26.5. The van der Waals surface area contributed by atoms with Crippen LogP contribution in [0.5, 0.6) is 0 Å². The summed E-state index contributed by atoms with van der Waals surface area (Å²) in [7, 11) is -2.06. The van der Waals surface area contributed by atoms with Crippen LogP contribution >= 0.6 is 40.1 Å². The average Bonchev–Trinajstić information content (AvgIpc) is 3.22. The lowest BCUT2D eigenvalue weighted by Gasteiger charge is -2.39. The fraction of sp³-hybridized carbons (Fsp3) is 0.778. The van der Waals surface area contributed by atoms with Crippen LogP contribution in [0.25, 0.3) is 0 Å². The zero-order valence-corrected chi connectivity index (χ0v) is 22.8. The quantitative estimate of drug-likeness (QED) is 0.327. The van der Waals surface area contributed by atoms with Gasteiger partial charge in [0, 0.05) is 29.7 Å². The van der Waals surface area contributed by atoms with Crippen molar-refractivity contribution in [2.45, 2.75) is 70.7 Å². The minimum Gasteiger partial charge on any atom is -0.411 e. The molecule has 2 saturated heterocycles. The van der Waals surface area contributed by atoms with Crippen LogP contribution in [0.2, 0.25) is 18.1 Å². The monoisotopic (exact) mass is 511 g/mol. The van der Waals surface area contributed by atoms with Gasteiger partial charge in [-0.2, -0.15) is 4.52 Å². The number of ether oxygens (including phenoxy) is 1. The number of hydrogen-bond acceptors (Lipinski definition) is 8. The molecule has 0 amide bonds. The molecule has 0 aliphatic carbocycles. The summed E-state index contributed by atoms with van der Waals surface area (Å²) >= 11 is 8.35. The summed E-state index contributed by atoms with van der Waals surface area (Å²) in [5.41, 5.74) is -0.373. The highest BCUT2D eigenvalue weighted by Crippen LogP contribution is 2.87. The van der Waals surface area contributed by atoms with Gasteiger partial charge in [-0.25, -0.2) is 4.79 Å². The molecular weight excluding hydrogens is 479 g/mol. The van der Waals surface area contributed by atoms with Gasteiger partial charge < -0.3 is 9.16 Å². The number of rotatable bonds is 6. The summed E-state index contributed by atoms with van der Waals surface area (Å²) in [6.45, 7) is 13.1. The van der Waals surface area contributed by atoms with Crippen LogP contribution in [0.15, 0.2) is 15.8 Å². The molecule has 3 rings (SSSR count). The molecule has 0 bridgehead atoms. The van der Waals surface area contributed by atoms with Gasteiger partial charge >= 0.3 is 10.8 Å². The minimum atomic E-state index is -2.06. The van der Waals surface area contributed by atoms with Crippen molar-refractivity contribution >= 4 is 48.4 Å². The van der Waals surface area contributed by atoms with E-state index < -0.39 is 25.3 Å². The molecule has 3 atom stereocenters. The van der Waals surface area contributed by atoms with Crippen molar-refractivity contribution in [3.8, 4) is 0 Å². The van der Waals surface area contributed by atoms with Gasteiger partial charge in [0.25, 0.3) is 5.56 Å². The zero-order chi connectivity index (χ0) is 22.3. The van der Waals surface area contributed by atoms with Crippen molar-refractivity contribution in [1.82, 2.24) is 9.55 Å². The van der Waals surface area contributed by atoms with Gasteiger partial charge in [0.1, 0.15) is 18.9 Å². The summed E-state index contributed by atoms with van der Waals surface area (Å²) in [5.74, 6) is 2.10. The van der Waals surface area contributed by atoms with Crippen LogP contribution < -0.4 is 11.2 Å². The molecule has 0 radical (unpaired) electrons. The third kappa shape index (κ3) is 5.59. The molecule has 0 spiro atoms. The maximum Gasteiger partial charge on any atom is 0.330 e. The van der Waals surface area contributed by atoms with Gasteiger partial charge in [-0.15, -0.1) is 0 Å². The second-order valence-electron chi connectivity index (χ2n) is 9.19. The van der Waals surface area contributed by atoms with Crippen molar-refractivity contribution < 1.29 is 13.7 Å². The Morgan fingerprint density at radius 2 is 1.97 bits per heavy atom. The average molecular weight is 512 g/mol. The van der Waals surface area contributed by atoms with E-state index >= 15 is 0 Å². The van der Waals surface area contributed by atoms with E-state index in [1.807, 2.05) is 0 Å². The molecule has 2 aliphatic heterocycles. The zero-order valence-electron chi connectivity index (χ0n) is 18.3. The van der Waals surface area contributed by atoms with E-state index in [2.05, 4.69) is 38.8 Å². The number of aromatic amines is 1. The molecule has 30 heavy (non-hydrogen) atoms. The molecule has 12 heteroatoms. The van der Waals surface area contributed by atoms with Crippen LogP contribution in [-0.4, -0.2) is 48.2 Å². The Bertz CT molecular complexity index is 882. The number of H-pyrrole nitrogens is 1. The van der Waals surface area contributed by atoms with Gasteiger partial charge in [-0.1, -0.05) is 20.8 Å². The van der Waals surface area contributed by atoms with Gasteiger partial charge in [-0.3, -0.25) is 14.3 Å². The smallest absolute Gasteiger partial charge is 0.330 e. The number of aromatic nitrogens is 2. The van der Waals surface area contributed by atoms with Crippen molar-refractivity contribution in [1.29, 1.82) is 0 Å². The van der Waals surface area contributed by atoms with E-state index in [4.69, 9.17) is 25.9 Å². The third-order valence-corrected chi connectivity index (χ3v) is 20.6. The molecule has 170 valence electrons. The second kappa shape index (κ2) is 9.25. The van der Waals surface area contributed by atoms with Gasteiger partial charge in [0.15, 0.2) is 8.32 Å². The van der Waals surface area contributed by atoms with Gasteiger partial charge in [0.2, 0.25) is 0 Å². The lowest BCUT2D eigenvalue weighted by atomic mass is 10.2. The Balaban J connectivity index is 1.82. The van der Waals surface area contributed by atoms with E-state index in [-0.39, 0.29) is 22.8 Å². The van der Waals surface area contributed by atoms with Crippen LogP contribution in [0.3, 0.4) is 0 Å². The lowest BCUT2D eigenvalue weighted by Crippen LogP contribution is -2.46. The van der Waals surface area contributed by atoms with Crippen molar-refractivity contribution in [3.63, 3.8) is 0 Å². The maximum absolute atomic E-state index is 12.4. The molecule has 0 saturated carbocycles. The number of nitrogens with zero attached hydrogens (tertiary/aromatic N) is 1. The maximum atomic E-state index is 12.4. The number of thiol groups is 1.